The topological polar surface area (TPSA) is 24.5 Å². The highest BCUT2D eigenvalue weighted by Gasteiger charge is 2.35. The van der Waals surface area contributed by atoms with Crippen LogP contribution in [0.3, 0.4) is 0 Å². The van der Waals surface area contributed by atoms with Crippen LogP contribution in [0.5, 0.6) is 5.75 Å². The first-order chi connectivity index (χ1) is 10.1. The third-order valence-corrected chi connectivity index (χ3v) is 4.99. The molecular formula is C18H30N2O. The van der Waals surface area contributed by atoms with Crippen LogP contribution in [-0.4, -0.2) is 43.7 Å². The van der Waals surface area contributed by atoms with Crippen LogP contribution in [0, 0.1) is 0 Å². The molecule has 21 heavy (non-hydrogen) atoms. The molecule has 1 aliphatic heterocycles. The molecule has 1 aromatic carbocycles. The van der Waals surface area contributed by atoms with Gasteiger partial charge in [0.2, 0.25) is 0 Å². The minimum atomic E-state index is 0.149. The van der Waals surface area contributed by atoms with Crippen LogP contribution >= 0.6 is 0 Å². The Kier molecular flexibility index (Phi) is 5.65. The van der Waals surface area contributed by atoms with Crippen molar-refractivity contribution in [1.82, 2.24) is 10.2 Å². The lowest BCUT2D eigenvalue weighted by atomic mass is 9.86. The lowest BCUT2D eigenvalue weighted by Gasteiger charge is -2.46. The zero-order chi connectivity index (χ0) is 15.3. The minimum Gasteiger partial charge on any atom is -0.496 e. The van der Waals surface area contributed by atoms with Gasteiger partial charge >= 0.3 is 0 Å². The van der Waals surface area contributed by atoms with E-state index >= 15 is 0 Å². The van der Waals surface area contributed by atoms with E-state index in [-0.39, 0.29) is 5.54 Å². The molecule has 1 aromatic rings. The molecule has 1 unspecified atom stereocenters. The normalized spacial score (nSPS) is 18.5. The number of para-hydroxylation sites is 1. The first-order valence-electron chi connectivity index (χ1n) is 8.13. The number of nitrogens with zero attached hydrogens (tertiary/aromatic N) is 1. The summed E-state index contributed by atoms with van der Waals surface area (Å²) in [6.45, 7) is 7.18. The van der Waals surface area contributed by atoms with Gasteiger partial charge in [0.1, 0.15) is 5.75 Å². The molecule has 0 aromatic heterocycles. The predicted octanol–water partition coefficient (Wildman–Crippen LogP) is 3.09. The molecule has 2 rings (SSSR count). The highest BCUT2D eigenvalue weighted by atomic mass is 16.5. The van der Waals surface area contributed by atoms with Crippen molar-refractivity contribution >= 4 is 0 Å². The predicted molar refractivity (Wildman–Crippen MR) is 89.0 cm³/mol. The Labute approximate surface area is 129 Å². The molecule has 1 aliphatic rings. The fourth-order valence-corrected chi connectivity index (χ4v) is 3.49. The molecule has 1 fully saturated rings. The number of hydrogen-bond donors (Lipinski definition) is 1. The van der Waals surface area contributed by atoms with Gasteiger partial charge in [0.25, 0.3) is 0 Å². The SMILES string of the molecule is CNC(Cc1ccccc1OC)C(C)(C)N1CCCCC1. The van der Waals surface area contributed by atoms with Crippen molar-refractivity contribution in [2.45, 2.75) is 51.1 Å². The van der Waals surface area contributed by atoms with Crippen LogP contribution in [0.4, 0.5) is 0 Å². The number of likely N-dealkylation sites (N-methyl/N-ethyl adjacent to an activating group) is 1. The van der Waals surface area contributed by atoms with E-state index in [1.165, 1.54) is 37.9 Å². The van der Waals surface area contributed by atoms with Crippen LogP contribution in [0.25, 0.3) is 0 Å². The van der Waals surface area contributed by atoms with Gasteiger partial charge in [-0.15, -0.1) is 0 Å². The Hall–Kier alpha value is -1.06. The Bertz CT molecular complexity index is 439. The summed E-state index contributed by atoms with van der Waals surface area (Å²) in [6, 6.07) is 8.77. The second-order valence-corrected chi connectivity index (χ2v) is 6.56. The number of rotatable bonds is 6. The zero-order valence-electron chi connectivity index (χ0n) is 14.0. The molecule has 118 valence electrons. The van der Waals surface area contributed by atoms with Crippen LogP contribution < -0.4 is 10.1 Å². The van der Waals surface area contributed by atoms with Gasteiger partial charge in [-0.1, -0.05) is 24.6 Å². The first kappa shape index (κ1) is 16.3. The van der Waals surface area contributed by atoms with Crippen molar-refractivity contribution in [3.63, 3.8) is 0 Å². The standard InChI is InChI=1S/C18H30N2O/c1-18(2,20-12-8-5-9-13-20)17(19-3)14-15-10-6-7-11-16(15)21-4/h6-7,10-11,17,19H,5,8-9,12-14H2,1-4H3. The fraction of sp³-hybridized carbons (Fsp3) is 0.667. The smallest absolute Gasteiger partial charge is 0.122 e. The molecule has 1 atom stereocenters. The fourth-order valence-electron chi connectivity index (χ4n) is 3.49. The monoisotopic (exact) mass is 290 g/mol. The maximum absolute atomic E-state index is 5.51. The summed E-state index contributed by atoms with van der Waals surface area (Å²) in [5.74, 6) is 0.993. The highest BCUT2D eigenvalue weighted by molar-refractivity contribution is 5.34. The van der Waals surface area contributed by atoms with Crippen molar-refractivity contribution < 1.29 is 4.74 Å². The number of methoxy groups -OCH3 is 1. The first-order valence-corrected chi connectivity index (χ1v) is 8.13. The Morgan fingerprint density at radius 2 is 1.86 bits per heavy atom. The molecule has 1 heterocycles. The Morgan fingerprint density at radius 1 is 1.19 bits per heavy atom. The summed E-state index contributed by atoms with van der Waals surface area (Å²) in [5, 5.41) is 3.54. The van der Waals surface area contributed by atoms with E-state index in [9.17, 15) is 0 Å². The quantitative estimate of drug-likeness (QED) is 0.871. The molecule has 3 nitrogen and oxygen atoms in total. The van der Waals surface area contributed by atoms with E-state index in [1.54, 1.807) is 7.11 Å². The average molecular weight is 290 g/mol. The lowest BCUT2D eigenvalue weighted by Crippen LogP contribution is -2.59. The number of likely N-dealkylation sites (tertiary alicyclic amines) is 1. The molecular weight excluding hydrogens is 260 g/mol. The summed E-state index contributed by atoms with van der Waals surface area (Å²) in [7, 11) is 3.83. The number of hydrogen-bond acceptors (Lipinski definition) is 3. The second kappa shape index (κ2) is 7.28. The second-order valence-electron chi connectivity index (χ2n) is 6.56. The van der Waals surface area contributed by atoms with E-state index in [0.717, 1.165) is 12.2 Å². The summed E-state index contributed by atoms with van der Waals surface area (Å²) >= 11 is 0. The Morgan fingerprint density at radius 3 is 2.48 bits per heavy atom. The van der Waals surface area contributed by atoms with Gasteiger partial charge in [0.05, 0.1) is 7.11 Å². The summed E-state index contributed by atoms with van der Waals surface area (Å²) in [5.41, 5.74) is 1.43. The van der Waals surface area contributed by atoms with Gasteiger partial charge in [-0.2, -0.15) is 0 Å². The number of piperidine rings is 1. The van der Waals surface area contributed by atoms with Gasteiger partial charge in [0, 0.05) is 11.6 Å². The molecule has 1 saturated heterocycles. The van der Waals surface area contributed by atoms with Crippen LogP contribution in [0.15, 0.2) is 24.3 Å². The number of benzene rings is 1. The molecule has 0 radical (unpaired) electrons. The molecule has 0 aliphatic carbocycles. The molecule has 1 N–H and O–H groups in total. The van der Waals surface area contributed by atoms with Crippen molar-refractivity contribution in [3.05, 3.63) is 29.8 Å². The van der Waals surface area contributed by atoms with E-state index < -0.39 is 0 Å². The maximum atomic E-state index is 5.51. The van der Waals surface area contributed by atoms with Gasteiger partial charge < -0.3 is 10.1 Å². The van der Waals surface area contributed by atoms with Crippen molar-refractivity contribution in [2.75, 3.05) is 27.2 Å². The van der Waals surface area contributed by atoms with Gasteiger partial charge in [0.15, 0.2) is 0 Å². The highest BCUT2D eigenvalue weighted by Crippen LogP contribution is 2.28. The molecule has 0 amide bonds. The number of nitrogens with one attached hydrogen (secondary N) is 1. The van der Waals surface area contributed by atoms with Crippen molar-refractivity contribution in [2.24, 2.45) is 0 Å². The van der Waals surface area contributed by atoms with Crippen LogP contribution in [-0.2, 0) is 6.42 Å². The molecule has 0 saturated carbocycles. The maximum Gasteiger partial charge on any atom is 0.122 e. The summed E-state index contributed by atoms with van der Waals surface area (Å²) < 4.78 is 5.51. The van der Waals surface area contributed by atoms with E-state index in [2.05, 4.69) is 49.3 Å². The Balaban J connectivity index is 2.14. The average Bonchev–Trinajstić information content (AvgIpc) is 2.53. The lowest BCUT2D eigenvalue weighted by molar-refractivity contribution is 0.0634. The van der Waals surface area contributed by atoms with Gasteiger partial charge in [-0.05, 0) is 64.9 Å². The molecule has 3 heteroatoms. The molecule has 0 bridgehead atoms. The van der Waals surface area contributed by atoms with E-state index in [0.29, 0.717) is 6.04 Å². The minimum absolute atomic E-state index is 0.149. The van der Waals surface area contributed by atoms with Crippen LogP contribution in [0.2, 0.25) is 0 Å². The van der Waals surface area contributed by atoms with E-state index in [1.807, 2.05) is 6.07 Å². The zero-order valence-corrected chi connectivity index (χ0v) is 14.0. The third kappa shape index (κ3) is 3.78. The largest absolute Gasteiger partial charge is 0.496 e. The van der Waals surface area contributed by atoms with Crippen molar-refractivity contribution in [3.8, 4) is 5.75 Å². The number of ether oxygens (including phenoxy) is 1. The third-order valence-electron chi connectivity index (χ3n) is 4.99. The summed E-state index contributed by atoms with van der Waals surface area (Å²) in [6.07, 6.45) is 5.02. The summed E-state index contributed by atoms with van der Waals surface area (Å²) in [4.78, 5) is 2.65. The van der Waals surface area contributed by atoms with Crippen LogP contribution in [0.1, 0.15) is 38.7 Å². The molecule has 0 spiro atoms. The van der Waals surface area contributed by atoms with Gasteiger partial charge in [-0.25, -0.2) is 0 Å². The van der Waals surface area contributed by atoms with Gasteiger partial charge in [-0.3, -0.25) is 4.90 Å². The van der Waals surface area contributed by atoms with E-state index in [4.69, 9.17) is 4.74 Å². The van der Waals surface area contributed by atoms with Crippen molar-refractivity contribution in [1.29, 1.82) is 0 Å².